The van der Waals surface area contributed by atoms with Gasteiger partial charge in [0.05, 0.1) is 23.2 Å². The first kappa shape index (κ1) is 56.6. The molecule has 6 aliphatic carbocycles. The van der Waals surface area contributed by atoms with Gasteiger partial charge in [-0.15, -0.1) is 0 Å². The van der Waals surface area contributed by atoms with E-state index in [0.29, 0.717) is 34.1 Å². The Morgan fingerprint density at radius 1 is 0.577 bits per heavy atom. The minimum atomic E-state index is -2.67. The number of aliphatic hydroxyl groups excluding tert-OH is 4. The molecule has 0 bridgehead atoms. The molecule has 78 heavy (non-hydrogen) atoms. The summed E-state index contributed by atoms with van der Waals surface area (Å²) in [5.74, 6) is -13.1. The van der Waals surface area contributed by atoms with Crippen LogP contribution in [0.1, 0.15) is 35.1 Å². The second-order valence-electron chi connectivity index (χ2n) is 20.3. The zero-order valence-electron chi connectivity index (χ0n) is 42.0. The van der Waals surface area contributed by atoms with Crippen molar-refractivity contribution < 1.29 is 89.9 Å². The summed E-state index contributed by atoms with van der Waals surface area (Å²) >= 11 is 2.07. The molecule has 2 fully saturated rings. The SMILES string of the molecule is CN(C)[C@@H]1C(=O)C(C(N)=O)=C(O)[C@@]2(O)C(=O)C3=C(O)c4c(O)ccc(-c5ccc(O)cc5)c4C[C@H]3C[C@@H]12.CN(C)[C@@H]1C(=O)C(C(N)=O)=C(O)[C@@]2(O)C(=O)C3=C(O)c4c(O)ccc(I)c4C[C@H]3C[C@@H]12.OB(O)c1ccc(O)cc1. The lowest BCUT2D eigenvalue weighted by atomic mass is 9.57. The molecule has 0 aromatic heterocycles. The van der Waals surface area contributed by atoms with E-state index in [1.165, 1.54) is 58.3 Å². The Labute approximate surface area is 458 Å². The highest BCUT2D eigenvalue weighted by Crippen LogP contribution is 2.55. The second kappa shape index (κ2) is 20.7. The molecule has 0 radical (unpaired) electrons. The lowest BCUT2D eigenvalue weighted by Crippen LogP contribution is -2.65. The van der Waals surface area contributed by atoms with E-state index in [1.54, 1.807) is 52.5 Å². The van der Waals surface area contributed by atoms with Gasteiger partial charge in [0.15, 0.2) is 22.8 Å². The second-order valence-corrected chi connectivity index (χ2v) is 21.5. The van der Waals surface area contributed by atoms with E-state index < -0.39 is 123 Å². The van der Waals surface area contributed by atoms with Gasteiger partial charge in [-0.2, -0.15) is 0 Å². The van der Waals surface area contributed by atoms with E-state index in [-0.39, 0.29) is 64.5 Å². The number of phenols is 4. The molecule has 6 aliphatic rings. The lowest BCUT2D eigenvalue weighted by molar-refractivity contribution is -0.155. The number of fused-ring (bicyclic) bond motifs is 6. The molecular weight excluding hydrogens is 1130 g/mol. The first-order chi connectivity index (χ1) is 36.5. The summed E-state index contributed by atoms with van der Waals surface area (Å²) in [7, 11) is 4.77. The number of nitrogens with zero attached hydrogens (tertiary/aromatic N) is 2. The first-order valence-electron chi connectivity index (χ1n) is 24.1. The lowest BCUT2D eigenvalue weighted by Gasteiger charge is -2.50. The zero-order valence-corrected chi connectivity index (χ0v) is 44.2. The third-order valence-electron chi connectivity index (χ3n) is 15.5. The summed E-state index contributed by atoms with van der Waals surface area (Å²) in [4.78, 5) is 80.4. The van der Waals surface area contributed by atoms with E-state index in [9.17, 15) is 74.7 Å². The number of carbonyl (C=O) groups excluding carboxylic acids is 6. The number of ketones is 4. The standard InChI is InChI=1S/C27H26N2O8.C21H21IN2O7.C6H7BO3/c1-29(2)21-16-10-12-9-15-14(11-3-5-13(30)6-4-11)7-8-17(31)19(15)22(32)18(12)24(34)27(16,37)25(35)20(23(21)33)26(28)36;1-24(2)15-9-6-7-5-8-10(22)3-4-11(25)13(8)16(26)12(7)18(28)21(9,31)19(29)14(17(15)27)20(23)30;8-6-3-1-5(2-4-6)7(9)10/h3-8,12,16,21,30-32,35,37H,9-10H2,1-2H3,(H2,28,36);3-4,7,9,15,25-26,29,31H,5-6H2,1-2H3,(H2,23,30);1-4,8-10H/t12-,16-,21-,27-;7-,9-,15-,21-;/m00./s1. The van der Waals surface area contributed by atoms with E-state index >= 15 is 0 Å². The van der Waals surface area contributed by atoms with Crippen molar-refractivity contribution in [1.82, 2.24) is 9.80 Å². The van der Waals surface area contributed by atoms with Gasteiger partial charge in [-0.25, -0.2) is 0 Å². The molecule has 0 unspecified atom stereocenters. The van der Waals surface area contributed by atoms with Crippen molar-refractivity contribution in [2.75, 3.05) is 28.2 Å². The summed E-state index contributed by atoms with van der Waals surface area (Å²) in [5, 5.41) is 124. The van der Waals surface area contributed by atoms with Crippen LogP contribution in [0.4, 0.5) is 0 Å². The van der Waals surface area contributed by atoms with Crippen LogP contribution in [0.3, 0.4) is 0 Å². The van der Waals surface area contributed by atoms with E-state index in [0.717, 1.165) is 3.57 Å². The quantitative estimate of drug-likeness (QED) is 0.0727. The molecule has 24 heteroatoms. The maximum Gasteiger partial charge on any atom is 0.488 e. The molecular formula is C54H54BIN4O18. The fourth-order valence-electron chi connectivity index (χ4n) is 12.0. The minimum Gasteiger partial charge on any atom is -0.508 e. The number of hydrogen-bond acceptors (Lipinski definition) is 20. The van der Waals surface area contributed by atoms with Gasteiger partial charge in [0.1, 0.15) is 57.2 Å². The Morgan fingerprint density at radius 3 is 1.36 bits per heavy atom. The zero-order chi connectivity index (χ0) is 57.5. The van der Waals surface area contributed by atoms with Crippen LogP contribution in [0.15, 0.2) is 107 Å². The Balaban J connectivity index is 0.000000177. The molecule has 10 rings (SSSR count). The molecule has 0 aliphatic heterocycles. The third kappa shape index (κ3) is 8.95. The highest BCUT2D eigenvalue weighted by atomic mass is 127. The van der Waals surface area contributed by atoms with E-state index in [4.69, 9.17) is 26.6 Å². The Hall–Kier alpha value is -7.59. The number of halogens is 1. The number of rotatable bonds is 6. The fourth-order valence-corrected chi connectivity index (χ4v) is 12.7. The van der Waals surface area contributed by atoms with Gasteiger partial charge in [0.25, 0.3) is 11.8 Å². The number of phenolic OH excluding ortho intramolecular Hbond substituents is 4. The number of carbonyl (C=O) groups is 6. The average Bonchev–Trinajstić information content (AvgIpc) is 3.54. The highest BCUT2D eigenvalue weighted by molar-refractivity contribution is 14.1. The number of amides is 2. The predicted octanol–water partition coefficient (Wildman–Crippen LogP) is 0.977. The number of benzene rings is 4. The number of Topliss-reactive ketones (excluding diaryl/α,β-unsaturated/α-hetero) is 4. The third-order valence-corrected chi connectivity index (χ3v) is 16.5. The van der Waals surface area contributed by atoms with Crippen LogP contribution >= 0.6 is 22.6 Å². The Bertz CT molecular complexity index is 3390. The maximum atomic E-state index is 13.8. The fraction of sp³-hybridized carbons (Fsp3) is 0.296. The number of aromatic hydroxyl groups is 4. The molecule has 4 aromatic carbocycles. The van der Waals surface area contributed by atoms with Gasteiger partial charge in [-0.05, 0) is 158 Å². The predicted molar refractivity (Wildman–Crippen MR) is 286 cm³/mol. The molecule has 16 N–H and O–H groups in total. The monoisotopic (exact) mass is 1180 g/mol. The number of aliphatic hydroxyl groups is 6. The van der Waals surface area contributed by atoms with Crippen molar-refractivity contribution in [1.29, 1.82) is 0 Å². The van der Waals surface area contributed by atoms with Crippen LogP contribution in [0.2, 0.25) is 0 Å². The molecule has 2 saturated carbocycles. The average molecular weight is 1180 g/mol. The molecule has 22 nitrogen and oxygen atoms in total. The Morgan fingerprint density at radius 2 is 0.962 bits per heavy atom. The van der Waals surface area contributed by atoms with Crippen LogP contribution in [-0.2, 0) is 41.6 Å². The van der Waals surface area contributed by atoms with Crippen LogP contribution < -0.4 is 16.9 Å². The maximum absolute atomic E-state index is 13.8. The summed E-state index contributed by atoms with van der Waals surface area (Å²) in [6.45, 7) is 0. The smallest absolute Gasteiger partial charge is 0.488 e. The van der Waals surface area contributed by atoms with Gasteiger partial charge in [0, 0.05) is 26.6 Å². The van der Waals surface area contributed by atoms with Crippen molar-refractivity contribution in [2.24, 2.45) is 35.1 Å². The van der Waals surface area contributed by atoms with Gasteiger partial charge < -0.3 is 72.6 Å². The summed E-state index contributed by atoms with van der Waals surface area (Å²) < 4.78 is 0.784. The molecule has 0 saturated heterocycles. The number of primary amides is 2. The van der Waals surface area contributed by atoms with Gasteiger partial charge >= 0.3 is 7.12 Å². The Kier molecular flexibility index (Phi) is 15.0. The van der Waals surface area contributed by atoms with Crippen molar-refractivity contribution in [2.45, 2.75) is 49.0 Å². The van der Waals surface area contributed by atoms with Crippen molar-refractivity contribution >= 4 is 81.6 Å². The molecule has 0 spiro atoms. The highest BCUT2D eigenvalue weighted by Gasteiger charge is 2.66. The van der Waals surface area contributed by atoms with E-state index in [2.05, 4.69) is 22.6 Å². The number of hydrogen-bond donors (Lipinski definition) is 14. The molecule has 0 heterocycles. The van der Waals surface area contributed by atoms with Gasteiger partial charge in [-0.1, -0.05) is 30.3 Å². The van der Waals surface area contributed by atoms with Crippen molar-refractivity contribution in [3.8, 4) is 34.1 Å². The number of nitrogens with two attached hydrogens (primary N) is 2. The van der Waals surface area contributed by atoms with Crippen LogP contribution in [-0.4, -0.2) is 164 Å². The molecule has 8 atom stereocenters. The summed E-state index contributed by atoms with van der Waals surface area (Å²) in [5.41, 5.74) is 6.38. The van der Waals surface area contributed by atoms with Gasteiger partial charge in [-0.3, -0.25) is 38.6 Å². The van der Waals surface area contributed by atoms with Crippen LogP contribution in [0, 0.1) is 27.2 Å². The molecule has 2 amide bonds. The molecule has 408 valence electrons. The van der Waals surface area contributed by atoms with Crippen LogP contribution in [0.25, 0.3) is 22.6 Å². The largest absolute Gasteiger partial charge is 0.508 e. The van der Waals surface area contributed by atoms with E-state index in [1.807, 2.05) is 0 Å². The topological polar surface area (TPSA) is 404 Å². The minimum absolute atomic E-state index is 0.0104. The van der Waals surface area contributed by atoms with Crippen molar-refractivity contribution in [3.05, 3.63) is 132 Å². The molecule has 4 aromatic rings. The summed E-state index contributed by atoms with van der Waals surface area (Å²) in [6, 6.07) is 15.9. The first-order valence-corrected chi connectivity index (χ1v) is 25.2. The summed E-state index contributed by atoms with van der Waals surface area (Å²) in [6.07, 6.45) is 0.564. The number of likely N-dealkylation sites (N-methyl/N-ethyl adjacent to an activating group) is 2. The van der Waals surface area contributed by atoms with Gasteiger partial charge in [0.2, 0.25) is 11.6 Å². The normalized spacial score (nSPS) is 26.1. The van der Waals surface area contributed by atoms with Crippen molar-refractivity contribution in [3.63, 3.8) is 0 Å². The van der Waals surface area contributed by atoms with Crippen LogP contribution in [0.5, 0.6) is 23.0 Å².